The third kappa shape index (κ3) is 3.26. The van der Waals surface area contributed by atoms with E-state index in [1.165, 1.54) is 0 Å². The molecule has 0 atom stereocenters. The molecule has 0 aliphatic rings. The Balaban J connectivity index is 3.41. The van der Waals surface area contributed by atoms with Gasteiger partial charge in [0.25, 0.3) is 0 Å². The van der Waals surface area contributed by atoms with E-state index in [1.54, 1.807) is 28.1 Å². The number of hydrogen-bond donors (Lipinski definition) is 1. The largest absolute Gasteiger partial charge is 0.493 e. The molecule has 5 heteroatoms. The molecule has 0 radical (unpaired) electrons. The number of carboxylic acids is 1. The minimum absolute atomic E-state index is 0.435. The molecule has 0 amide bonds. The van der Waals surface area contributed by atoms with Gasteiger partial charge in [0.05, 0.1) is 24.1 Å². The fraction of sp³-hybridized carbons (Fsp3) is 0.533. The van der Waals surface area contributed by atoms with Gasteiger partial charge in [-0.25, -0.2) is 0 Å². The van der Waals surface area contributed by atoms with Gasteiger partial charge in [-0.15, -0.1) is 0 Å². The number of carbonyl (C=O) groups is 1. The minimum Gasteiger partial charge on any atom is -0.493 e. The van der Waals surface area contributed by atoms with Crippen LogP contribution in [0.4, 0.5) is 0 Å². The molecule has 1 N–H and O–H groups in total. The molecule has 0 aliphatic carbocycles. The molecule has 1 rings (SSSR count). The van der Waals surface area contributed by atoms with Crippen molar-refractivity contribution in [3.05, 3.63) is 21.7 Å². The zero-order valence-electron chi connectivity index (χ0n) is 12.5. The highest BCUT2D eigenvalue weighted by Crippen LogP contribution is 2.42. The van der Waals surface area contributed by atoms with E-state index in [-0.39, 0.29) is 0 Å². The first-order valence-corrected chi connectivity index (χ1v) is 7.23. The third-order valence-corrected chi connectivity index (χ3v) is 3.95. The van der Waals surface area contributed by atoms with Crippen LogP contribution in [0.1, 0.15) is 31.9 Å². The molecule has 0 bridgehead atoms. The Morgan fingerprint density at radius 1 is 1.30 bits per heavy atom. The van der Waals surface area contributed by atoms with E-state index in [0.717, 1.165) is 22.0 Å². The van der Waals surface area contributed by atoms with Gasteiger partial charge >= 0.3 is 5.97 Å². The van der Waals surface area contributed by atoms with E-state index in [0.29, 0.717) is 17.9 Å². The first kappa shape index (κ1) is 16.8. The number of aliphatic carboxylic acids is 1. The molecule has 0 heterocycles. The molecule has 1 aromatic rings. The highest BCUT2D eigenvalue weighted by atomic mass is 79.9. The molecule has 0 unspecified atom stereocenters. The summed E-state index contributed by atoms with van der Waals surface area (Å²) in [7, 11) is 3.18. The van der Waals surface area contributed by atoms with Gasteiger partial charge in [0.1, 0.15) is 0 Å². The topological polar surface area (TPSA) is 55.8 Å². The monoisotopic (exact) mass is 344 g/mol. The zero-order valence-corrected chi connectivity index (χ0v) is 14.1. The SMILES string of the molecule is CCc1c(CC(C)(C)C(=O)O)cc(Br)c(OC)c1OC. The van der Waals surface area contributed by atoms with Crippen LogP contribution in [0.5, 0.6) is 11.5 Å². The quantitative estimate of drug-likeness (QED) is 0.855. The summed E-state index contributed by atoms with van der Waals surface area (Å²) in [5.74, 6) is 0.493. The summed E-state index contributed by atoms with van der Waals surface area (Å²) >= 11 is 3.45. The van der Waals surface area contributed by atoms with Crippen molar-refractivity contribution >= 4 is 21.9 Å². The van der Waals surface area contributed by atoms with Gasteiger partial charge < -0.3 is 14.6 Å². The molecule has 20 heavy (non-hydrogen) atoms. The molecule has 4 nitrogen and oxygen atoms in total. The van der Waals surface area contributed by atoms with Gasteiger partial charge in [-0.1, -0.05) is 6.92 Å². The molecule has 0 spiro atoms. The van der Waals surface area contributed by atoms with Gasteiger partial charge in [-0.2, -0.15) is 0 Å². The lowest BCUT2D eigenvalue weighted by molar-refractivity contribution is -0.146. The molecule has 1 aromatic carbocycles. The van der Waals surface area contributed by atoms with E-state index < -0.39 is 11.4 Å². The standard InChI is InChI=1S/C15H21BrO4/c1-6-10-9(8-15(2,3)14(17)18)7-11(16)13(20-5)12(10)19-4/h7H,6,8H2,1-5H3,(H,17,18). The third-order valence-electron chi connectivity index (χ3n) is 3.36. The highest BCUT2D eigenvalue weighted by Gasteiger charge is 2.30. The lowest BCUT2D eigenvalue weighted by Gasteiger charge is -2.23. The molecule has 112 valence electrons. The van der Waals surface area contributed by atoms with Crippen LogP contribution >= 0.6 is 15.9 Å². The Morgan fingerprint density at radius 2 is 1.85 bits per heavy atom. The van der Waals surface area contributed by atoms with Crippen LogP contribution in [0, 0.1) is 5.41 Å². The number of halogens is 1. The summed E-state index contributed by atoms with van der Waals surface area (Å²) in [5, 5.41) is 9.30. The van der Waals surface area contributed by atoms with E-state index in [4.69, 9.17) is 9.47 Å². The first-order chi connectivity index (χ1) is 9.28. The second-order valence-corrected chi connectivity index (χ2v) is 6.14. The molecular weight excluding hydrogens is 324 g/mol. The van der Waals surface area contributed by atoms with Crippen molar-refractivity contribution in [3.63, 3.8) is 0 Å². The number of benzene rings is 1. The highest BCUT2D eigenvalue weighted by molar-refractivity contribution is 9.10. The average Bonchev–Trinajstić information content (AvgIpc) is 2.37. The number of hydrogen-bond acceptors (Lipinski definition) is 3. The Bertz CT molecular complexity index is 509. The Labute approximate surface area is 128 Å². The van der Waals surface area contributed by atoms with Crippen molar-refractivity contribution in [1.82, 2.24) is 0 Å². The smallest absolute Gasteiger partial charge is 0.309 e. The van der Waals surface area contributed by atoms with E-state index >= 15 is 0 Å². The van der Waals surface area contributed by atoms with Crippen LogP contribution in [-0.4, -0.2) is 25.3 Å². The molecule has 0 saturated carbocycles. The maximum absolute atomic E-state index is 11.3. The van der Waals surface area contributed by atoms with Crippen molar-refractivity contribution in [2.24, 2.45) is 5.41 Å². The number of carboxylic acid groups (broad SMARTS) is 1. The van der Waals surface area contributed by atoms with Crippen LogP contribution in [0.2, 0.25) is 0 Å². The van der Waals surface area contributed by atoms with Crippen LogP contribution < -0.4 is 9.47 Å². The Morgan fingerprint density at radius 3 is 2.25 bits per heavy atom. The predicted molar refractivity (Wildman–Crippen MR) is 81.7 cm³/mol. The van der Waals surface area contributed by atoms with Crippen molar-refractivity contribution < 1.29 is 19.4 Å². The first-order valence-electron chi connectivity index (χ1n) is 6.44. The number of ether oxygens (including phenoxy) is 2. The summed E-state index contributed by atoms with van der Waals surface area (Å²) in [5.41, 5.74) is 1.12. The molecule has 0 fully saturated rings. The van der Waals surface area contributed by atoms with Crippen molar-refractivity contribution in [2.45, 2.75) is 33.6 Å². The fourth-order valence-electron chi connectivity index (χ4n) is 2.20. The van der Waals surface area contributed by atoms with E-state index in [2.05, 4.69) is 15.9 Å². The molecule has 0 aromatic heterocycles. The van der Waals surface area contributed by atoms with E-state index in [1.807, 2.05) is 13.0 Å². The van der Waals surface area contributed by atoms with Gasteiger partial charge in [0.2, 0.25) is 0 Å². The average molecular weight is 345 g/mol. The molecular formula is C15H21BrO4. The second-order valence-electron chi connectivity index (χ2n) is 5.28. The summed E-state index contributed by atoms with van der Waals surface area (Å²) in [6, 6.07) is 1.92. The lowest BCUT2D eigenvalue weighted by Crippen LogP contribution is -2.26. The maximum Gasteiger partial charge on any atom is 0.309 e. The van der Waals surface area contributed by atoms with Crippen molar-refractivity contribution in [3.8, 4) is 11.5 Å². The summed E-state index contributed by atoms with van der Waals surface area (Å²) in [4.78, 5) is 11.3. The van der Waals surface area contributed by atoms with Gasteiger partial charge in [0.15, 0.2) is 11.5 Å². The Kier molecular flexibility index (Phi) is 5.45. The van der Waals surface area contributed by atoms with E-state index in [9.17, 15) is 9.90 Å². The predicted octanol–water partition coefficient (Wildman–Crippen LogP) is 3.68. The molecule has 0 saturated heterocycles. The van der Waals surface area contributed by atoms with Gasteiger partial charge in [-0.3, -0.25) is 4.79 Å². The fourth-order valence-corrected chi connectivity index (χ4v) is 2.82. The molecule has 0 aliphatic heterocycles. The Hall–Kier alpha value is -1.23. The minimum atomic E-state index is -0.830. The lowest BCUT2D eigenvalue weighted by atomic mass is 9.83. The summed E-state index contributed by atoms with van der Waals surface area (Å²) in [6.07, 6.45) is 1.18. The van der Waals surface area contributed by atoms with Crippen molar-refractivity contribution in [1.29, 1.82) is 0 Å². The number of rotatable bonds is 6. The van der Waals surface area contributed by atoms with Gasteiger partial charge in [-0.05, 0) is 54.2 Å². The zero-order chi connectivity index (χ0) is 15.5. The van der Waals surface area contributed by atoms with Crippen LogP contribution in [0.3, 0.4) is 0 Å². The van der Waals surface area contributed by atoms with Crippen molar-refractivity contribution in [2.75, 3.05) is 14.2 Å². The maximum atomic E-state index is 11.3. The second kappa shape index (κ2) is 6.48. The summed E-state index contributed by atoms with van der Waals surface area (Å²) < 4.78 is 11.6. The number of methoxy groups -OCH3 is 2. The van der Waals surface area contributed by atoms with Crippen LogP contribution in [0.25, 0.3) is 0 Å². The van der Waals surface area contributed by atoms with Crippen LogP contribution in [0.15, 0.2) is 10.5 Å². The normalized spacial score (nSPS) is 11.3. The van der Waals surface area contributed by atoms with Gasteiger partial charge in [0, 0.05) is 5.56 Å². The summed E-state index contributed by atoms with van der Waals surface area (Å²) in [6.45, 7) is 5.46. The van der Waals surface area contributed by atoms with Crippen LogP contribution in [-0.2, 0) is 17.6 Å².